The zero-order chi connectivity index (χ0) is 25.8. The maximum Gasteiger partial charge on any atom is 0.101 e. The fourth-order valence-electron chi connectivity index (χ4n) is 6.06. The fourth-order valence-corrected chi connectivity index (χ4v) is 6.06. The van der Waals surface area contributed by atoms with Gasteiger partial charge in [0.1, 0.15) is 12.1 Å². The van der Waals surface area contributed by atoms with Gasteiger partial charge in [-0.2, -0.15) is 10.5 Å². The number of nitriles is 2. The minimum atomic E-state index is 0.495. The quantitative estimate of drug-likeness (QED) is 0.253. The molecule has 0 aliphatic rings. The van der Waals surface area contributed by atoms with Crippen molar-refractivity contribution in [3.63, 3.8) is 0 Å². The van der Waals surface area contributed by atoms with E-state index in [9.17, 15) is 10.5 Å². The number of benzene rings is 5. The van der Waals surface area contributed by atoms with Gasteiger partial charge in [0.05, 0.1) is 44.6 Å². The summed E-state index contributed by atoms with van der Waals surface area (Å²) in [5, 5.41) is 25.3. The van der Waals surface area contributed by atoms with Crippen molar-refractivity contribution in [1.82, 2.24) is 9.13 Å². The molecule has 2 aromatic heterocycles. The van der Waals surface area contributed by atoms with Crippen molar-refractivity contribution in [2.75, 3.05) is 0 Å². The van der Waals surface area contributed by atoms with Crippen LogP contribution in [0.25, 0.3) is 55.0 Å². The molecular weight excluding hydrogens is 464 g/mol. The van der Waals surface area contributed by atoms with Gasteiger partial charge < -0.3 is 9.13 Å². The van der Waals surface area contributed by atoms with Crippen LogP contribution in [0.4, 0.5) is 0 Å². The molecule has 0 saturated carbocycles. The molecule has 7 rings (SSSR count). The molecule has 2 heterocycles. The summed E-state index contributed by atoms with van der Waals surface area (Å²) in [5.41, 5.74) is 7.79. The molecule has 0 unspecified atom stereocenters. The van der Waals surface area contributed by atoms with Gasteiger partial charge in [-0.25, -0.2) is 0 Å². The van der Waals surface area contributed by atoms with Crippen molar-refractivity contribution in [3.8, 4) is 23.5 Å². The van der Waals surface area contributed by atoms with Crippen LogP contribution in [0.2, 0.25) is 0 Å². The summed E-state index contributed by atoms with van der Waals surface area (Å²) in [6, 6.07) is 39.9. The summed E-state index contributed by atoms with van der Waals surface area (Å²) in [6.07, 6.45) is 0.649. The van der Waals surface area contributed by atoms with E-state index in [1.165, 1.54) is 0 Å². The number of hydrogen-bond donors (Lipinski definition) is 0. The van der Waals surface area contributed by atoms with E-state index in [0.717, 1.165) is 60.5 Å². The molecule has 178 valence electrons. The summed E-state index contributed by atoms with van der Waals surface area (Å²) in [4.78, 5) is 0. The van der Waals surface area contributed by atoms with E-state index in [0.29, 0.717) is 17.5 Å². The molecule has 0 aliphatic heterocycles. The first-order valence-corrected chi connectivity index (χ1v) is 12.7. The van der Waals surface area contributed by atoms with Crippen LogP contribution in [0.1, 0.15) is 23.6 Å². The second-order valence-corrected chi connectivity index (χ2v) is 9.46. The van der Waals surface area contributed by atoms with Gasteiger partial charge in [-0.3, -0.25) is 0 Å². The number of rotatable bonds is 3. The summed E-state index contributed by atoms with van der Waals surface area (Å²) in [6.45, 7) is 2.10. The van der Waals surface area contributed by atoms with E-state index in [4.69, 9.17) is 0 Å². The minimum absolute atomic E-state index is 0.495. The van der Waals surface area contributed by atoms with Gasteiger partial charge in [0.25, 0.3) is 0 Å². The number of hydrogen-bond acceptors (Lipinski definition) is 2. The van der Waals surface area contributed by atoms with Crippen LogP contribution < -0.4 is 0 Å². The molecule has 5 aromatic carbocycles. The SMILES string of the molecule is CCc1c(-n2c3ccccc3c3ccccc32)c(C#N)cc(C#N)c1-n1c2ccccc2c2ccccc21. The van der Waals surface area contributed by atoms with Gasteiger partial charge in [-0.05, 0) is 36.8 Å². The molecule has 0 N–H and O–H groups in total. The highest BCUT2D eigenvalue weighted by atomic mass is 15.0. The van der Waals surface area contributed by atoms with Crippen LogP contribution in [0.5, 0.6) is 0 Å². The molecule has 7 aromatic rings. The van der Waals surface area contributed by atoms with Gasteiger partial charge in [0.2, 0.25) is 0 Å². The Labute approximate surface area is 219 Å². The molecule has 4 nitrogen and oxygen atoms in total. The third kappa shape index (κ3) is 2.89. The summed E-state index contributed by atoms with van der Waals surface area (Å²) in [5.74, 6) is 0. The molecule has 0 fully saturated rings. The van der Waals surface area contributed by atoms with Crippen LogP contribution in [-0.4, -0.2) is 9.13 Å². The molecule has 4 heteroatoms. The Morgan fingerprint density at radius 3 is 1.13 bits per heavy atom. The number of nitrogens with zero attached hydrogens (tertiary/aromatic N) is 4. The lowest BCUT2D eigenvalue weighted by molar-refractivity contribution is 1.01. The van der Waals surface area contributed by atoms with Gasteiger partial charge in [0.15, 0.2) is 0 Å². The van der Waals surface area contributed by atoms with Gasteiger partial charge in [-0.15, -0.1) is 0 Å². The van der Waals surface area contributed by atoms with Crippen molar-refractivity contribution >= 4 is 43.6 Å². The van der Waals surface area contributed by atoms with E-state index in [1.54, 1.807) is 6.07 Å². The molecule has 0 amide bonds. The molecule has 0 atom stereocenters. The smallest absolute Gasteiger partial charge is 0.101 e. The Kier molecular flexibility index (Phi) is 4.83. The van der Waals surface area contributed by atoms with Crippen LogP contribution in [-0.2, 0) is 6.42 Å². The standard InChI is InChI=1S/C34H22N4/c1-2-24-33(37-29-15-7-3-11-25(29)26-12-4-8-16-30(26)37)22(20-35)19-23(21-36)34(24)38-31-17-9-5-13-27(31)28-14-6-10-18-32(28)38/h3-19H,2H2,1H3. The third-order valence-corrected chi connectivity index (χ3v) is 7.57. The fraction of sp³-hybridized carbons (Fsp3) is 0.0588. The van der Waals surface area contributed by atoms with Gasteiger partial charge in [-0.1, -0.05) is 79.7 Å². The second-order valence-electron chi connectivity index (χ2n) is 9.46. The largest absolute Gasteiger partial charge is 0.308 e. The zero-order valence-electron chi connectivity index (χ0n) is 20.8. The molecule has 0 spiro atoms. The lowest BCUT2D eigenvalue weighted by atomic mass is 9.97. The van der Waals surface area contributed by atoms with E-state index >= 15 is 0 Å². The minimum Gasteiger partial charge on any atom is -0.308 e. The molecule has 38 heavy (non-hydrogen) atoms. The zero-order valence-corrected chi connectivity index (χ0v) is 20.8. The monoisotopic (exact) mass is 486 g/mol. The first-order valence-electron chi connectivity index (χ1n) is 12.7. The van der Waals surface area contributed by atoms with Crippen LogP contribution in [0, 0.1) is 22.7 Å². The Bertz CT molecular complexity index is 1890. The highest BCUT2D eigenvalue weighted by Crippen LogP contribution is 2.40. The Morgan fingerprint density at radius 1 is 0.526 bits per heavy atom. The van der Waals surface area contributed by atoms with Gasteiger partial charge in [0, 0.05) is 27.1 Å². The number of para-hydroxylation sites is 4. The van der Waals surface area contributed by atoms with Crippen molar-refractivity contribution in [3.05, 3.63) is 120 Å². The number of aromatic nitrogens is 2. The lowest BCUT2D eigenvalue weighted by Crippen LogP contribution is -2.10. The molecule has 0 saturated heterocycles. The topological polar surface area (TPSA) is 57.4 Å². The van der Waals surface area contributed by atoms with Crippen LogP contribution >= 0.6 is 0 Å². The highest BCUT2D eigenvalue weighted by Gasteiger charge is 2.25. The van der Waals surface area contributed by atoms with Crippen molar-refractivity contribution in [1.29, 1.82) is 10.5 Å². The Hall–Kier alpha value is -5.32. The number of fused-ring (bicyclic) bond motifs is 6. The van der Waals surface area contributed by atoms with E-state index in [-0.39, 0.29) is 0 Å². The van der Waals surface area contributed by atoms with Crippen molar-refractivity contribution < 1.29 is 0 Å². The summed E-state index contributed by atoms with van der Waals surface area (Å²) in [7, 11) is 0. The molecule has 0 radical (unpaired) electrons. The van der Waals surface area contributed by atoms with Crippen LogP contribution in [0.3, 0.4) is 0 Å². The van der Waals surface area contributed by atoms with E-state index in [1.807, 2.05) is 48.5 Å². The summed E-state index contributed by atoms with van der Waals surface area (Å²) >= 11 is 0. The Morgan fingerprint density at radius 2 is 0.842 bits per heavy atom. The van der Waals surface area contributed by atoms with Crippen molar-refractivity contribution in [2.45, 2.75) is 13.3 Å². The molecule has 0 bridgehead atoms. The lowest BCUT2D eigenvalue weighted by Gasteiger charge is -2.21. The molecular formula is C34H22N4. The van der Waals surface area contributed by atoms with E-state index < -0.39 is 0 Å². The van der Waals surface area contributed by atoms with Crippen LogP contribution in [0.15, 0.2) is 103 Å². The first-order chi connectivity index (χ1) is 18.8. The summed E-state index contributed by atoms with van der Waals surface area (Å²) < 4.78 is 4.42. The molecule has 0 aliphatic carbocycles. The van der Waals surface area contributed by atoms with Gasteiger partial charge >= 0.3 is 0 Å². The average molecular weight is 487 g/mol. The Balaban J connectivity index is 1.72. The second kappa shape index (κ2) is 8.37. The average Bonchev–Trinajstić information content (AvgIpc) is 3.49. The maximum atomic E-state index is 10.4. The predicted octanol–water partition coefficient (Wildman–Crippen LogP) is 8.19. The highest BCUT2D eigenvalue weighted by molar-refractivity contribution is 6.11. The first kappa shape index (κ1) is 21.9. The predicted molar refractivity (Wildman–Crippen MR) is 154 cm³/mol. The maximum absolute atomic E-state index is 10.4. The normalized spacial score (nSPS) is 11.3. The third-order valence-electron chi connectivity index (χ3n) is 7.57. The van der Waals surface area contributed by atoms with Crippen molar-refractivity contribution in [2.24, 2.45) is 0 Å². The van der Waals surface area contributed by atoms with E-state index in [2.05, 4.69) is 76.7 Å².